The van der Waals surface area contributed by atoms with E-state index in [1.165, 1.54) is 16.2 Å². The van der Waals surface area contributed by atoms with Gasteiger partial charge in [0.25, 0.3) is 11.5 Å². The van der Waals surface area contributed by atoms with Gasteiger partial charge in [-0.15, -0.1) is 0 Å². The summed E-state index contributed by atoms with van der Waals surface area (Å²) in [6.45, 7) is 4.41. The second kappa shape index (κ2) is 9.41. The number of hydrogen-bond donors (Lipinski definition) is 2. The molecule has 2 heterocycles. The van der Waals surface area contributed by atoms with Crippen LogP contribution in [0.15, 0.2) is 33.9 Å². The lowest BCUT2D eigenvalue weighted by Gasteiger charge is -2.09. The molecule has 1 aromatic carbocycles. The summed E-state index contributed by atoms with van der Waals surface area (Å²) in [4.78, 5) is 56.4. The number of H-pyrrole nitrogens is 1. The summed E-state index contributed by atoms with van der Waals surface area (Å²) in [6, 6.07) is 6.53. The van der Waals surface area contributed by atoms with Gasteiger partial charge < -0.3 is 15.0 Å². The predicted octanol–water partition coefficient (Wildman–Crippen LogP) is 1.28. The first kappa shape index (κ1) is 22.0. The molecule has 2 N–H and O–H groups in total. The Hall–Kier alpha value is -3.69. The number of imidazole rings is 1. The smallest absolute Gasteiger partial charge is 0.332 e. The number of aromatic nitrogens is 4. The Bertz CT molecular complexity index is 1220. The highest BCUT2D eigenvalue weighted by molar-refractivity contribution is 5.96. The molecule has 0 aliphatic rings. The lowest BCUT2D eigenvalue weighted by atomic mass is 10.1. The van der Waals surface area contributed by atoms with Gasteiger partial charge in [-0.1, -0.05) is 26.0 Å². The number of benzene rings is 1. The number of hydrogen-bond acceptors (Lipinski definition) is 6. The number of methoxy groups -OCH3 is 1. The molecule has 3 rings (SSSR count). The van der Waals surface area contributed by atoms with Gasteiger partial charge in [0.2, 0.25) is 0 Å². The third-order valence-corrected chi connectivity index (χ3v) is 4.80. The van der Waals surface area contributed by atoms with E-state index < -0.39 is 17.4 Å². The van der Waals surface area contributed by atoms with E-state index in [9.17, 15) is 19.2 Å². The maximum absolute atomic E-state index is 12.8. The highest BCUT2D eigenvalue weighted by atomic mass is 16.5. The summed E-state index contributed by atoms with van der Waals surface area (Å²) in [5.74, 6) is -0.535. The van der Waals surface area contributed by atoms with Crippen molar-refractivity contribution in [1.29, 1.82) is 0 Å². The number of aryl methyl sites for hydroxylation is 1. The Labute approximate surface area is 177 Å². The number of amides is 1. The highest BCUT2D eigenvalue weighted by Gasteiger charge is 2.17. The van der Waals surface area contributed by atoms with Gasteiger partial charge in [-0.05, 0) is 25.0 Å². The van der Waals surface area contributed by atoms with Crippen molar-refractivity contribution in [2.45, 2.75) is 39.8 Å². The van der Waals surface area contributed by atoms with Crippen molar-refractivity contribution in [3.8, 4) is 11.4 Å². The van der Waals surface area contributed by atoms with Crippen LogP contribution in [0, 0.1) is 0 Å². The van der Waals surface area contributed by atoms with Crippen molar-refractivity contribution in [2.24, 2.45) is 0 Å². The molecule has 0 aliphatic carbocycles. The first-order chi connectivity index (χ1) is 14.9. The lowest BCUT2D eigenvalue weighted by molar-refractivity contribution is -0.139. The third-order valence-electron chi connectivity index (χ3n) is 4.80. The van der Waals surface area contributed by atoms with E-state index >= 15 is 0 Å². The Morgan fingerprint density at radius 1 is 1.06 bits per heavy atom. The highest BCUT2D eigenvalue weighted by Crippen LogP contribution is 2.19. The number of fused-ring (bicyclic) bond motifs is 1. The number of nitrogens with one attached hydrogen (secondary N) is 2. The van der Waals surface area contributed by atoms with Gasteiger partial charge in [-0.2, -0.15) is 0 Å². The van der Waals surface area contributed by atoms with Crippen molar-refractivity contribution in [1.82, 2.24) is 24.4 Å². The second-order valence-corrected chi connectivity index (χ2v) is 7.01. The standard InChI is InChI=1S/C21H25N5O5/c1-4-10-25-18-16(20(29)26(11-5-2)21(25)30)23-17(24-18)13-6-8-14(9-7-13)19(28)22-12-15(27)31-3/h6-9H,4-5,10-12H2,1-3H3,(H,22,28)(H,23,24). The monoisotopic (exact) mass is 427 g/mol. The molecule has 2 aromatic heterocycles. The molecular weight excluding hydrogens is 402 g/mol. The van der Waals surface area contributed by atoms with Gasteiger partial charge in [0, 0.05) is 24.2 Å². The van der Waals surface area contributed by atoms with E-state index in [2.05, 4.69) is 20.0 Å². The molecule has 0 aliphatic heterocycles. The minimum atomic E-state index is -0.542. The van der Waals surface area contributed by atoms with E-state index in [1.54, 1.807) is 24.3 Å². The topological polar surface area (TPSA) is 128 Å². The van der Waals surface area contributed by atoms with Crippen LogP contribution in [0.5, 0.6) is 0 Å². The van der Waals surface area contributed by atoms with E-state index in [0.29, 0.717) is 42.1 Å². The number of carbonyl (C=O) groups is 2. The quantitative estimate of drug-likeness (QED) is 0.521. The maximum atomic E-state index is 12.8. The van der Waals surface area contributed by atoms with E-state index in [0.717, 1.165) is 6.42 Å². The molecule has 0 spiro atoms. The van der Waals surface area contributed by atoms with Crippen molar-refractivity contribution < 1.29 is 14.3 Å². The average molecular weight is 427 g/mol. The fourth-order valence-corrected chi connectivity index (χ4v) is 3.26. The van der Waals surface area contributed by atoms with Crippen LogP contribution in [0.1, 0.15) is 37.0 Å². The summed E-state index contributed by atoms with van der Waals surface area (Å²) in [5, 5.41) is 2.46. The minimum absolute atomic E-state index is 0.223. The molecular formula is C21H25N5O5. The van der Waals surface area contributed by atoms with Gasteiger partial charge in [-0.3, -0.25) is 23.5 Å². The van der Waals surface area contributed by atoms with Crippen molar-refractivity contribution >= 4 is 23.0 Å². The molecule has 164 valence electrons. The van der Waals surface area contributed by atoms with Crippen LogP contribution in [0.25, 0.3) is 22.6 Å². The summed E-state index contributed by atoms with van der Waals surface area (Å²) in [7, 11) is 1.24. The number of carbonyl (C=O) groups excluding carboxylic acids is 2. The molecule has 0 fully saturated rings. The van der Waals surface area contributed by atoms with Crippen LogP contribution in [0.3, 0.4) is 0 Å². The van der Waals surface area contributed by atoms with Crippen LogP contribution < -0.4 is 16.6 Å². The number of aromatic amines is 1. The van der Waals surface area contributed by atoms with Gasteiger partial charge in [0.1, 0.15) is 17.9 Å². The summed E-state index contributed by atoms with van der Waals surface area (Å²) in [6.07, 6.45) is 1.38. The van der Waals surface area contributed by atoms with E-state index in [1.807, 2.05) is 13.8 Å². The van der Waals surface area contributed by atoms with Crippen LogP contribution in [-0.2, 0) is 22.6 Å². The maximum Gasteiger partial charge on any atom is 0.332 e. The first-order valence-corrected chi connectivity index (χ1v) is 10.1. The fourth-order valence-electron chi connectivity index (χ4n) is 3.26. The number of ether oxygens (including phenoxy) is 1. The summed E-state index contributed by atoms with van der Waals surface area (Å²) in [5.41, 5.74) is 0.841. The van der Waals surface area contributed by atoms with Crippen LogP contribution in [-0.4, -0.2) is 44.6 Å². The van der Waals surface area contributed by atoms with Gasteiger partial charge in [0.15, 0.2) is 5.65 Å². The molecule has 0 unspecified atom stereocenters. The first-order valence-electron chi connectivity index (χ1n) is 10.1. The van der Waals surface area contributed by atoms with E-state index in [4.69, 9.17) is 0 Å². The molecule has 0 saturated heterocycles. The molecule has 0 saturated carbocycles. The molecule has 0 radical (unpaired) electrons. The number of nitrogens with zero attached hydrogens (tertiary/aromatic N) is 3. The summed E-state index contributed by atoms with van der Waals surface area (Å²) < 4.78 is 7.24. The van der Waals surface area contributed by atoms with Gasteiger partial charge in [-0.25, -0.2) is 9.78 Å². The average Bonchev–Trinajstić information content (AvgIpc) is 3.23. The minimum Gasteiger partial charge on any atom is -0.468 e. The zero-order valence-corrected chi connectivity index (χ0v) is 17.7. The lowest BCUT2D eigenvalue weighted by Crippen LogP contribution is -2.40. The van der Waals surface area contributed by atoms with Gasteiger partial charge in [0.05, 0.1) is 7.11 Å². The third kappa shape index (κ3) is 4.42. The van der Waals surface area contributed by atoms with Crippen LogP contribution >= 0.6 is 0 Å². The SMILES string of the molecule is CCCn1c(=O)c2[nH]c(-c3ccc(C(=O)NCC(=O)OC)cc3)nc2n(CCC)c1=O. The largest absolute Gasteiger partial charge is 0.468 e. The molecule has 1 amide bonds. The molecule has 3 aromatic rings. The molecule has 10 heteroatoms. The van der Waals surface area contributed by atoms with Crippen molar-refractivity contribution in [3.05, 3.63) is 50.7 Å². The number of esters is 1. The van der Waals surface area contributed by atoms with Crippen molar-refractivity contribution in [2.75, 3.05) is 13.7 Å². The predicted molar refractivity (Wildman–Crippen MR) is 115 cm³/mol. The number of rotatable bonds is 8. The van der Waals surface area contributed by atoms with E-state index in [-0.39, 0.29) is 17.8 Å². The Kier molecular flexibility index (Phi) is 6.68. The van der Waals surface area contributed by atoms with Crippen LogP contribution in [0.2, 0.25) is 0 Å². The van der Waals surface area contributed by atoms with Crippen molar-refractivity contribution in [3.63, 3.8) is 0 Å². The second-order valence-electron chi connectivity index (χ2n) is 7.01. The Morgan fingerprint density at radius 3 is 2.32 bits per heavy atom. The molecule has 31 heavy (non-hydrogen) atoms. The zero-order valence-electron chi connectivity index (χ0n) is 17.7. The molecule has 0 atom stereocenters. The Balaban J connectivity index is 1.98. The van der Waals surface area contributed by atoms with Crippen LogP contribution in [0.4, 0.5) is 0 Å². The summed E-state index contributed by atoms with van der Waals surface area (Å²) >= 11 is 0. The fraction of sp³-hybridized carbons (Fsp3) is 0.381. The normalized spacial score (nSPS) is 10.9. The zero-order chi connectivity index (χ0) is 22.5. The Morgan fingerprint density at radius 2 is 1.71 bits per heavy atom. The molecule has 0 bridgehead atoms. The van der Waals surface area contributed by atoms with Gasteiger partial charge >= 0.3 is 11.7 Å². The molecule has 10 nitrogen and oxygen atoms in total.